The molecule has 1 unspecified atom stereocenters. The highest BCUT2D eigenvalue weighted by molar-refractivity contribution is 5.33. The molecule has 18 heavy (non-hydrogen) atoms. The van der Waals surface area contributed by atoms with E-state index in [1.165, 1.54) is 11.3 Å². The van der Waals surface area contributed by atoms with E-state index in [4.69, 9.17) is 0 Å². The Bertz CT molecular complexity index is 490. The molecule has 2 aromatic rings. The Morgan fingerprint density at radius 3 is 2.72 bits per heavy atom. The van der Waals surface area contributed by atoms with Gasteiger partial charge >= 0.3 is 0 Å². The van der Waals surface area contributed by atoms with E-state index in [2.05, 4.69) is 36.2 Å². The molecule has 2 heterocycles. The van der Waals surface area contributed by atoms with Crippen molar-refractivity contribution < 1.29 is 0 Å². The van der Waals surface area contributed by atoms with Crippen LogP contribution in [0.1, 0.15) is 37.6 Å². The average molecular weight is 244 g/mol. The highest BCUT2D eigenvalue weighted by Crippen LogP contribution is 2.19. The Labute approximate surface area is 108 Å². The molecule has 0 spiro atoms. The van der Waals surface area contributed by atoms with Crippen molar-refractivity contribution in [3.05, 3.63) is 42.0 Å². The summed E-state index contributed by atoms with van der Waals surface area (Å²) in [5, 5.41) is 7.95. The predicted molar refractivity (Wildman–Crippen MR) is 72.8 cm³/mol. The molecule has 2 aromatic heterocycles. The van der Waals surface area contributed by atoms with Gasteiger partial charge in [-0.3, -0.25) is 4.98 Å². The molecule has 0 saturated heterocycles. The van der Waals surface area contributed by atoms with E-state index in [-0.39, 0.29) is 0 Å². The SMILES string of the molecule is CCCNC(C)c1cnn(-c2ccncc2)c1C. The summed E-state index contributed by atoms with van der Waals surface area (Å²) in [5.74, 6) is 0. The smallest absolute Gasteiger partial charge is 0.0679 e. The van der Waals surface area contributed by atoms with E-state index in [9.17, 15) is 0 Å². The highest BCUT2D eigenvalue weighted by atomic mass is 15.3. The van der Waals surface area contributed by atoms with E-state index in [0.717, 1.165) is 18.7 Å². The molecule has 0 fully saturated rings. The third-order valence-electron chi connectivity index (χ3n) is 3.12. The van der Waals surface area contributed by atoms with Crippen LogP contribution in [0.5, 0.6) is 0 Å². The molecule has 4 heteroatoms. The van der Waals surface area contributed by atoms with Crippen LogP contribution < -0.4 is 5.32 Å². The third-order valence-corrected chi connectivity index (χ3v) is 3.12. The quantitative estimate of drug-likeness (QED) is 0.879. The molecule has 96 valence electrons. The first-order valence-electron chi connectivity index (χ1n) is 6.42. The minimum atomic E-state index is 0.334. The fourth-order valence-electron chi connectivity index (χ4n) is 2.06. The van der Waals surface area contributed by atoms with Gasteiger partial charge in [-0.15, -0.1) is 0 Å². The minimum Gasteiger partial charge on any atom is -0.310 e. The van der Waals surface area contributed by atoms with Crippen molar-refractivity contribution >= 4 is 0 Å². The number of hydrogen-bond donors (Lipinski definition) is 1. The maximum absolute atomic E-state index is 4.46. The lowest BCUT2D eigenvalue weighted by atomic mass is 10.1. The number of hydrogen-bond acceptors (Lipinski definition) is 3. The van der Waals surface area contributed by atoms with Crippen LogP contribution in [0.3, 0.4) is 0 Å². The zero-order valence-corrected chi connectivity index (χ0v) is 11.2. The Morgan fingerprint density at radius 1 is 1.33 bits per heavy atom. The topological polar surface area (TPSA) is 42.7 Å². The van der Waals surface area contributed by atoms with E-state index in [1.54, 1.807) is 12.4 Å². The number of rotatable bonds is 5. The Morgan fingerprint density at radius 2 is 2.06 bits per heavy atom. The molecule has 0 radical (unpaired) electrons. The molecular formula is C14H20N4. The van der Waals surface area contributed by atoms with E-state index in [0.29, 0.717) is 6.04 Å². The van der Waals surface area contributed by atoms with Crippen molar-refractivity contribution in [2.45, 2.75) is 33.2 Å². The molecule has 4 nitrogen and oxygen atoms in total. The largest absolute Gasteiger partial charge is 0.310 e. The van der Waals surface area contributed by atoms with Gasteiger partial charge in [-0.05, 0) is 38.9 Å². The van der Waals surface area contributed by atoms with Crippen molar-refractivity contribution in [3.8, 4) is 5.69 Å². The lowest BCUT2D eigenvalue weighted by Gasteiger charge is -2.13. The number of nitrogens with one attached hydrogen (secondary N) is 1. The second-order valence-corrected chi connectivity index (χ2v) is 4.48. The summed E-state index contributed by atoms with van der Waals surface area (Å²) < 4.78 is 1.96. The standard InChI is InChI=1S/C14H20N4/c1-4-7-16-11(2)14-10-17-18(12(14)3)13-5-8-15-9-6-13/h5-6,8-11,16H,4,7H2,1-3H3. The number of pyridine rings is 1. The minimum absolute atomic E-state index is 0.334. The predicted octanol–water partition coefficient (Wildman–Crippen LogP) is 2.64. The maximum Gasteiger partial charge on any atom is 0.0679 e. The maximum atomic E-state index is 4.46. The van der Waals surface area contributed by atoms with Crippen LogP contribution in [0.2, 0.25) is 0 Å². The van der Waals surface area contributed by atoms with Gasteiger partial charge in [0.2, 0.25) is 0 Å². The van der Waals surface area contributed by atoms with Crippen LogP contribution in [0.4, 0.5) is 0 Å². The van der Waals surface area contributed by atoms with Crippen molar-refractivity contribution in [2.75, 3.05) is 6.54 Å². The first-order chi connectivity index (χ1) is 8.74. The first kappa shape index (κ1) is 12.8. The van der Waals surface area contributed by atoms with E-state index < -0.39 is 0 Å². The Hall–Kier alpha value is -1.68. The van der Waals surface area contributed by atoms with Crippen molar-refractivity contribution in [1.82, 2.24) is 20.1 Å². The van der Waals surface area contributed by atoms with E-state index >= 15 is 0 Å². The normalized spacial score (nSPS) is 12.6. The van der Waals surface area contributed by atoms with Gasteiger partial charge in [-0.2, -0.15) is 5.10 Å². The monoisotopic (exact) mass is 244 g/mol. The molecule has 0 amide bonds. The van der Waals surface area contributed by atoms with Gasteiger partial charge in [0.05, 0.1) is 11.9 Å². The lowest BCUT2D eigenvalue weighted by molar-refractivity contribution is 0.568. The number of aromatic nitrogens is 3. The molecule has 1 N–H and O–H groups in total. The Balaban J connectivity index is 2.24. The molecule has 0 aliphatic carbocycles. The fourth-order valence-corrected chi connectivity index (χ4v) is 2.06. The molecule has 0 aliphatic heterocycles. The van der Waals surface area contributed by atoms with Crippen LogP contribution in [-0.4, -0.2) is 21.3 Å². The summed E-state index contributed by atoms with van der Waals surface area (Å²) in [5.41, 5.74) is 3.48. The van der Waals surface area contributed by atoms with Gasteiger partial charge in [-0.1, -0.05) is 6.92 Å². The number of nitrogens with zero attached hydrogens (tertiary/aromatic N) is 3. The summed E-state index contributed by atoms with van der Waals surface area (Å²) >= 11 is 0. The zero-order valence-electron chi connectivity index (χ0n) is 11.2. The van der Waals surface area contributed by atoms with Crippen molar-refractivity contribution in [2.24, 2.45) is 0 Å². The molecule has 2 rings (SSSR count). The summed E-state index contributed by atoms with van der Waals surface area (Å²) in [6, 6.07) is 4.27. The Kier molecular flexibility index (Phi) is 4.10. The molecule has 0 saturated carbocycles. The molecule has 0 bridgehead atoms. The molecule has 1 atom stereocenters. The second kappa shape index (κ2) is 5.78. The van der Waals surface area contributed by atoms with Gasteiger partial charge in [-0.25, -0.2) is 4.68 Å². The summed E-state index contributed by atoms with van der Waals surface area (Å²) in [6.45, 7) is 7.48. The fraction of sp³-hybridized carbons (Fsp3) is 0.429. The summed E-state index contributed by atoms with van der Waals surface area (Å²) in [7, 11) is 0. The first-order valence-corrected chi connectivity index (χ1v) is 6.42. The molecule has 0 aromatic carbocycles. The van der Waals surface area contributed by atoms with E-state index in [1.807, 2.05) is 23.0 Å². The van der Waals surface area contributed by atoms with Gasteiger partial charge < -0.3 is 5.32 Å². The van der Waals surface area contributed by atoms with Crippen LogP contribution in [0.15, 0.2) is 30.7 Å². The third kappa shape index (κ3) is 2.59. The van der Waals surface area contributed by atoms with Crippen LogP contribution >= 0.6 is 0 Å². The van der Waals surface area contributed by atoms with Crippen LogP contribution in [0.25, 0.3) is 5.69 Å². The van der Waals surface area contributed by atoms with Crippen LogP contribution in [0, 0.1) is 6.92 Å². The van der Waals surface area contributed by atoms with Crippen molar-refractivity contribution in [1.29, 1.82) is 0 Å². The average Bonchev–Trinajstić information content (AvgIpc) is 2.79. The molecule has 0 aliphatic rings. The lowest BCUT2D eigenvalue weighted by Crippen LogP contribution is -2.19. The molecular weight excluding hydrogens is 224 g/mol. The van der Waals surface area contributed by atoms with Crippen molar-refractivity contribution in [3.63, 3.8) is 0 Å². The van der Waals surface area contributed by atoms with Crippen LogP contribution in [-0.2, 0) is 0 Å². The van der Waals surface area contributed by atoms with Gasteiger partial charge in [0.25, 0.3) is 0 Å². The van der Waals surface area contributed by atoms with Gasteiger partial charge in [0, 0.05) is 29.7 Å². The summed E-state index contributed by atoms with van der Waals surface area (Å²) in [4.78, 5) is 4.03. The second-order valence-electron chi connectivity index (χ2n) is 4.48. The van der Waals surface area contributed by atoms with Gasteiger partial charge in [0.15, 0.2) is 0 Å². The van der Waals surface area contributed by atoms with Gasteiger partial charge in [0.1, 0.15) is 0 Å². The zero-order chi connectivity index (χ0) is 13.0. The summed E-state index contributed by atoms with van der Waals surface area (Å²) in [6.07, 6.45) is 6.66. The highest BCUT2D eigenvalue weighted by Gasteiger charge is 2.13.